The summed E-state index contributed by atoms with van der Waals surface area (Å²) in [6.07, 6.45) is 18.7. The quantitative estimate of drug-likeness (QED) is 0.0529. The SMILES string of the molecule is C=CC(=O)[P+](=O)CCC(OCCCCCCC)(OCCCCCCC)OCCCCCCC. The fourth-order valence-corrected chi connectivity index (χ4v) is 4.49. The van der Waals surface area contributed by atoms with E-state index in [1.54, 1.807) is 0 Å². The van der Waals surface area contributed by atoms with Crippen LogP contribution in [0, 0.1) is 0 Å². The molecule has 194 valence electrons. The summed E-state index contributed by atoms with van der Waals surface area (Å²) in [4.78, 5) is 11.8. The first-order chi connectivity index (χ1) is 16.0. The first kappa shape index (κ1) is 32.4. The Morgan fingerprint density at radius 1 is 0.697 bits per heavy atom. The Hall–Kier alpha value is -0.610. The summed E-state index contributed by atoms with van der Waals surface area (Å²) >= 11 is 0. The van der Waals surface area contributed by atoms with Crippen molar-refractivity contribution in [1.29, 1.82) is 0 Å². The van der Waals surface area contributed by atoms with Crippen molar-refractivity contribution < 1.29 is 23.6 Å². The molecule has 0 amide bonds. The summed E-state index contributed by atoms with van der Waals surface area (Å²) in [6.45, 7) is 11.7. The predicted molar refractivity (Wildman–Crippen MR) is 139 cm³/mol. The molecule has 0 fully saturated rings. The van der Waals surface area contributed by atoms with Gasteiger partial charge in [0, 0.05) is 6.08 Å². The van der Waals surface area contributed by atoms with E-state index in [0.29, 0.717) is 26.2 Å². The van der Waals surface area contributed by atoms with Crippen LogP contribution in [0.1, 0.15) is 124 Å². The fourth-order valence-electron chi connectivity index (χ4n) is 3.59. The van der Waals surface area contributed by atoms with Gasteiger partial charge in [-0.15, -0.1) is 0 Å². The van der Waals surface area contributed by atoms with Crippen molar-refractivity contribution in [3.63, 3.8) is 0 Å². The highest BCUT2D eigenvalue weighted by Gasteiger charge is 2.38. The van der Waals surface area contributed by atoms with Gasteiger partial charge < -0.3 is 14.2 Å². The molecule has 0 saturated heterocycles. The number of hydrogen-bond donors (Lipinski definition) is 0. The summed E-state index contributed by atoms with van der Waals surface area (Å²) in [5.41, 5.74) is -0.419. The third kappa shape index (κ3) is 18.4. The van der Waals surface area contributed by atoms with Gasteiger partial charge in [0.15, 0.2) is 6.16 Å². The van der Waals surface area contributed by atoms with Crippen molar-refractivity contribution in [2.75, 3.05) is 26.0 Å². The standard InChI is InChI=1S/C27H52O5P/c1-5-9-12-15-18-22-30-27(21-25-33(29)26(28)8-4,31-23-19-16-13-10-6-2)32-24-20-17-14-11-7-3/h8H,4-7,9-25H2,1-3H3/q+1. The first-order valence-electron chi connectivity index (χ1n) is 13.6. The van der Waals surface area contributed by atoms with Gasteiger partial charge >= 0.3 is 13.3 Å². The van der Waals surface area contributed by atoms with E-state index in [1.807, 2.05) is 0 Å². The molecule has 0 bridgehead atoms. The molecular weight excluding hydrogens is 435 g/mol. The topological polar surface area (TPSA) is 61.8 Å². The molecule has 0 aromatic carbocycles. The van der Waals surface area contributed by atoms with Crippen molar-refractivity contribution in [2.45, 2.75) is 129 Å². The number of unbranched alkanes of at least 4 members (excludes halogenated alkanes) is 12. The molecule has 0 N–H and O–H groups in total. The number of ether oxygens (including phenoxy) is 3. The van der Waals surface area contributed by atoms with Crippen LogP contribution in [-0.4, -0.2) is 37.5 Å². The Balaban J connectivity index is 5.00. The molecule has 0 heterocycles. The zero-order valence-electron chi connectivity index (χ0n) is 21.9. The molecule has 0 rings (SSSR count). The molecular formula is C27H52O5P+. The van der Waals surface area contributed by atoms with E-state index in [4.69, 9.17) is 14.2 Å². The van der Waals surface area contributed by atoms with Crippen LogP contribution in [0.3, 0.4) is 0 Å². The smallest absolute Gasteiger partial charge is 0.327 e. The predicted octanol–water partition coefficient (Wildman–Crippen LogP) is 8.53. The minimum Gasteiger partial charge on any atom is -0.327 e. The molecule has 0 aromatic rings. The van der Waals surface area contributed by atoms with Crippen LogP contribution < -0.4 is 0 Å². The van der Waals surface area contributed by atoms with Crippen molar-refractivity contribution in [3.8, 4) is 0 Å². The van der Waals surface area contributed by atoms with Crippen molar-refractivity contribution in [2.24, 2.45) is 0 Å². The van der Waals surface area contributed by atoms with Crippen LogP contribution in [0.4, 0.5) is 0 Å². The van der Waals surface area contributed by atoms with Gasteiger partial charge in [-0.3, -0.25) is 0 Å². The van der Waals surface area contributed by atoms with E-state index < -0.39 is 19.3 Å². The lowest BCUT2D eigenvalue weighted by atomic mass is 10.1. The summed E-state index contributed by atoms with van der Waals surface area (Å²) < 4.78 is 31.0. The van der Waals surface area contributed by atoms with Gasteiger partial charge in [0.05, 0.1) is 26.2 Å². The maximum atomic E-state index is 12.3. The molecule has 0 aliphatic carbocycles. The highest BCUT2D eigenvalue weighted by Crippen LogP contribution is 2.31. The van der Waals surface area contributed by atoms with Gasteiger partial charge in [-0.05, 0) is 19.3 Å². The van der Waals surface area contributed by atoms with E-state index in [1.165, 1.54) is 57.8 Å². The second-order valence-electron chi connectivity index (χ2n) is 8.87. The zero-order chi connectivity index (χ0) is 24.6. The number of rotatable bonds is 26. The summed E-state index contributed by atoms with van der Waals surface area (Å²) in [7, 11) is -2.03. The Labute approximate surface area is 205 Å². The Morgan fingerprint density at radius 3 is 1.39 bits per heavy atom. The highest BCUT2D eigenvalue weighted by atomic mass is 31.1. The zero-order valence-corrected chi connectivity index (χ0v) is 22.8. The molecule has 0 aromatic heterocycles. The summed E-state index contributed by atoms with van der Waals surface area (Å²) in [5.74, 6) is -1.22. The molecule has 0 aliphatic rings. The highest BCUT2D eigenvalue weighted by molar-refractivity contribution is 7.64. The lowest BCUT2D eigenvalue weighted by molar-refractivity contribution is -0.381. The molecule has 33 heavy (non-hydrogen) atoms. The largest absolute Gasteiger partial charge is 0.419 e. The third-order valence-electron chi connectivity index (χ3n) is 5.75. The fraction of sp³-hybridized carbons (Fsp3) is 0.889. The van der Waals surface area contributed by atoms with Gasteiger partial charge in [0.25, 0.3) is 5.97 Å². The van der Waals surface area contributed by atoms with Gasteiger partial charge in [-0.2, -0.15) is 0 Å². The van der Waals surface area contributed by atoms with Crippen LogP contribution in [0.2, 0.25) is 0 Å². The van der Waals surface area contributed by atoms with Crippen molar-refractivity contribution in [1.82, 2.24) is 0 Å². The summed E-state index contributed by atoms with van der Waals surface area (Å²) in [6, 6.07) is 0. The molecule has 0 spiro atoms. The van der Waals surface area contributed by atoms with E-state index in [2.05, 4.69) is 27.4 Å². The molecule has 0 aliphatic heterocycles. The van der Waals surface area contributed by atoms with Crippen molar-refractivity contribution in [3.05, 3.63) is 12.7 Å². The molecule has 1 atom stereocenters. The summed E-state index contributed by atoms with van der Waals surface area (Å²) in [5, 5.41) is 0. The van der Waals surface area contributed by atoms with Crippen LogP contribution in [-0.2, 0) is 23.6 Å². The Morgan fingerprint density at radius 2 is 1.06 bits per heavy atom. The number of carbonyl (C=O) groups excluding carboxylic acids is 1. The second kappa shape index (κ2) is 23.1. The van der Waals surface area contributed by atoms with E-state index in [-0.39, 0.29) is 6.16 Å². The van der Waals surface area contributed by atoms with Gasteiger partial charge in [0.2, 0.25) is 0 Å². The molecule has 5 nitrogen and oxygen atoms in total. The number of carbonyl (C=O) groups is 1. The van der Waals surface area contributed by atoms with Crippen LogP contribution in [0.5, 0.6) is 0 Å². The lowest BCUT2D eigenvalue weighted by Crippen LogP contribution is -2.41. The maximum absolute atomic E-state index is 12.3. The molecule has 6 heteroatoms. The minimum absolute atomic E-state index is 0.182. The molecule has 1 unspecified atom stereocenters. The lowest BCUT2D eigenvalue weighted by Gasteiger charge is -2.32. The average molecular weight is 488 g/mol. The second-order valence-corrected chi connectivity index (χ2v) is 10.5. The first-order valence-corrected chi connectivity index (χ1v) is 15.0. The molecule has 0 radical (unpaired) electrons. The van der Waals surface area contributed by atoms with E-state index in [0.717, 1.165) is 44.6 Å². The molecule has 0 saturated carbocycles. The minimum atomic E-state index is -2.03. The van der Waals surface area contributed by atoms with Gasteiger partial charge in [-0.25, -0.2) is 4.79 Å². The maximum Gasteiger partial charge on any atom is 0.419 e. The number of hydrogen-bond acceptors (Lipinski definition) is 5. The Bertz CT molecular complexity index is 454. The van der Waals surface area contributed by atoms with E-state index >= 15 is 0 Å². The Kier molecular flexibility index (Phi) is 22.7. The monoisotopic (exact) mass is 487 g/mol. The normalized spacial score (nSPS) is 12.2. The van der Waals surface area contributed by atoms with Crippen LogP contribution in [0.15, 0.2) is 12.7 Å². The number of allylic oxidation sites excluding steroid dienone is 1. The van der Waals surface area contributed by atoms with Crippen molar-refractivity contribution >= 4 is 13.3 Å². The van der Waals surface area contributed by atoms with Crippen LogP contribution >= 0.6 is 7.80 Å². The van der Waals surface area contributed by atoms with E-state index in [9.17, 15) is 9.36 Å². The van der Waals surface area contributed by atoms with Crippen LogP contribution in [0.25, 0.3) is 0 Å². The average Bonchev–Trinajstić information content (AvgIpc) is 2.83. The third-order valence-corrected chi connectivity index (χ3v) is 7.06. The van der Waals surface area contributed by atoms with Gasteiger partial charge in [-0.1, -0.05) is 109 Å². The van der Waals surface area contributed by atoms with Gasteiger partial charge in [0.1, 0.15) is 0 Å².